The molecule has 1 saturated heterocycles. The van der Waals surface area contributed by atoms with Crippen molar-refractivity contribution in [3.05, 3.63) is 64.3 Å². The van der Waals surface area contributed by atoms with E-state index >= 15 is 0 Å². The number of hydrogen-bond donors (Lipinski definition) is 0. The van der Waals surface area contributed by atoms with Crippen LogP contribution in [0.4, 0.5) is 17.1 Å². The molecule has 11 aliphatic rings. The van der Waals surface area contributed by atoms with Gasteiger partial charge in [-0.3, -0.25) is 0 Å². The Labute approximate surface area is 339 Å². The van der Waals surface area contributed by atoms with Gasteiger partial charge in [0.2, 0.25) is 6.71 Å². The van der Waals surface area contributed by atoms with Crippen LogP contribution in [0.1, 0.15) is 155 Å². The van der Waals surface area contributed by atoms with Gasteiger partial charge >= 0.3 is 0 Å². The van der Waals surface area contributed by atoms with E-state index in [4.69, 9.17) is 0 Å². The van der Waals surface area contributed by atoms with Crippen molar-refractivity contribution in [1.29, 1.82) is 0 Å². The highest BCUT2D eigenvalue weighted by molar-refractivity contribution is 6.95. The standard InChI is InChI=1S/C53H69BN2/c1-30-27-44-47-45(28-30)56-49-42(51(5)38-22-13-9-18-34(38)36-20-11-15-24-40(36)53(51,56)7)29-31(2)32(3)46(49)54(47)43-26-16-25-41-48(43)55(44)52(6)39-23-14-10-19-35(39)33-17-8-12-21-37(33)50(41,52)4/h16,25-29,31-40H,8-15,17-24H2,1-7H3. The van der Waals surface area contributed by atoms with E-state index in [2.05, 4.69) is 94.7 Å². The summed E-state index contributed by atoms with van der Waals surface area (Å²) in [5.41, 5.74) is 17.4. The summed E-state index contributed by atoms with van der Waals surface area (Å²) in [5, 5.41) is 0. The molecule has 0 radical (unpaired) electrons. The summed E-state index contributed by atoms with van der Waals surface area (Å²) in [6.07, 6.45) is 26.1. The molecule has 6 saturated carbocycles. The normalized spacial score (nSPS) is 47.3. The molecular weight excluding hydrogens is 675 g/mol. The third-order valence-electron chi connectivity index (χ3n) is 21.9. The minimum absolute atomic E-state index is 0.0881. The number of benzene rings is 2. The summed E-state index contributed by atoms with van der Waals surface area (Å²) < 4.78 is 0. The average Bonchev–Trinajstić information content (AvgIpc) is 3.57. The van der Waals surface area contributed by atoms with Gasteiger partial charge in [-0.2, -0.15) is 0 Å². The summed E-state index contributed by atoms with van der Waals surface area (Å²) in [5.74, 6) is 7.78. The molecule has 2 aromatic rings. The second kappa shape index (κ2) is 11.0. The molecule has 14 unspecified atom stereocenters. The van der Waals surface area contributed by atoms with Gasteiger partial charge in [0.1, 0.15) is 0 Å². The first kappa shape index (κ1) is 34.4. The van der Waals surface area contributed by atoms with E-state index in [1.54, 1.807) is 44.8 Å². The summed E-state index contributed by atoms with van der Waals surface area (Å²) in [6, 6.07) is 13.3. The Morgan fingerprint density at radius 1 is 0.607 bits per heavy atom. The minimum atomic E-state index is 0.0881. The zero-order chi connectivity index (χ0) is 37.8. The smallest absolute Gasteiger partial charge is 0.247 e. The Morgan fingerprint density at radius 2 is 1.11 bits per heavy atom. The van der Waals surface area contributed by atoms with Gasteiger partial charge in [0, 0.05) is 33.6 Å². The minimum Gasteiger partial charge on any atom is -0.335 e. The van der Waals surface area contributed by atoms with E-state index in [0.29, 0.717) is 18.5 Å². The zero-order valence-corrected chi connectivity index (χ0v) is 36.0. The number of nitrogens with zero attached hydrogens (tertiary/aromatic N) is 2. The lowest BCUT2D eigenvalue weighted by atomic mass is 9.30. The van der Waals surface area contributed by atoms with Crippen molar-refractivity contribution in [3.63, 3.8) is 0 Å². The fraction of sp³-hybridized carbons (Fsp3) is 0.698. The monoisotopic (exact) mass is 745 g/mol. The fourth-order valence-electron chi connectivity index (χ4n) is 19.6. The molecule has 0 bridgehead atoms. The lowest BCUT2D eigenvalue weighted by molar-refractivity contribution is -0.0954. The van der Waals surface area contributed by atoms with Gasteiger partial charge in [-0.05, 0) is 171 Å². The van der Waals surface area contributed by atoms with E-state index in [1.165, 1.54) is 108 Å². The van der Waals surface area contributed by atoms with Crippen molar-refractivity contribution >= 4 is 34.7 Å². The van der Waals surface area contributed by atoms with Crippen molar-refractivity contribution in [2.24, 2.45) is 64.6 Å². The molecular formula is C53H69BN2. The summed E-state index contributed by atoms with van der Waals surface area (Å²) >= 11 is 0. The molecule has 14 atom stereocenters. The highest BCUT2D eigenvalue weighted by Crippen LogP contribution is 2.75. The van der Waals surface area contributed by atoms with Crippen LogP contribution in [0.25, 0.3) is 0 Å². The molecule has 0 amide bonds. The molecule has 0 spiro atoms. The first-order chi connectivity index (χ1) is 27.1. The van der Waals surface area contributed by atoms with Crippen molar-refractivity contribution in [2.45, 2.75) is 168 Å². The van der Waals surface area contributed by atoms with E-state index in [9.17, 15) is 0 Å². The first-order valence-electron chi connectivity index (χ1n) is 24.4. The molecule has 7 fully saturated rings. The predicted molar refractivity (Wildman–Crippen MR) is 235 cm³/mol. The van der Waals surface area contributed by atoms with Gasteiger partial charge in [-0.15, -0.1) is 0 Å². The molecule has 294 valence electrons. The number of hydrogen-bond acceptors (Lipinski definition) is 2. The third kappa shape index (κ3) is 3.52. The fourth-order valence-corrected chi connectivity index (χ4v) is 19.6. The Hall–Kier alpha value is -2.42. The van der Waals surface area contributed by atoms with Crippen LogP contribution >= 0.6 is 0 Å². The number of allylic oxidation sites excluding steroid dienone is 3. The maximum absolute atomic E-state index is 3.18. The largest absolute Gasteiger partial charge is 0.335 e. The Balaban J connectivity index is 1.12. The molecule has 2 aromatic carbocycles. The van der Waals surface area contributed by atoms with E-state index in [-0.39, 0.29) is 21.9 Å². The second-order valence-corrected chi connectivity index (χ2v) is 23.0. The number of para-hydroxylation sites is 1. The quantitative estimate of drug-likeness (QED) is 0.248. The SMILES string of the molecule is Cc1cc2c3c(c1)N1c4c(cccc4C4(C)C5CCCCC5C5CCCCC5C14C)B3C1=C3C(=CC(C)C1C)C1(C)C4CCCCC4C4CCCCC4C1(C)N32. The molecule has 56 heavy (non-hydrogen) atoms. The van der Waals surface area contributed by atoms with Crippen LogP contribution < -0.4 is 20.7 Å². The molecule has 3 heteroatoms. The predicted octanol–water partition coefficient (Wildman–Crippen LogP) is 11.9. The Morgan fingerprint density at radius 3 is 1.71 bits per heavy atom. The van der Waals surface area contributed by atoms with Crippen LogP contribution in [-0.2, 0) is 5.41 Å². The maximum atomic E-state index is 3.18. The summed E-state index contributed by atoms with van der Waals surface area (Å²) in [6.45, 7) is 19.4. The van der Waals surface area contributed by atoms with E-state index in [0.717, 1.165) is 47.3 Å². The maximum Gasteiger partial charge on any atom is 0.247 e. The molecule has 0 N–H and O–H groups in total. The summed E-state index contributed by atoms with van der Waals surface area (Å²) in [7, 11) is 0. The Kier molecular flexibility index (Phi) is 6.79. The Bertz CT molecular complexity index is 2150. The van der Waals surface area contributed by atoms with Gasteiger partial charge in [-0.1, -0.05) is 109 Å². The molecule has 2 nitrogen and oxygen atoms in total. The zero-order valence-electron chi connectivity index (χ0n) is 36.0. The number of aryl methyl sites for hydroxylation is 1. The summed E-state index contributed by atoms with van der Waals surface area (Å²) in [4.78, 5) is 6.33. The van der Waals surface area contributed by atoms with Gasteiger partial charge in [0.25, 0.3) is 0 Å². The van der Waals surface area contributed by atoms with Gasteiger partial charge < -0.3 is 9.80 Å². The second-order valence-electron chi connectivity index (χ2n) is 23.0. The van der Waals surface area contributed by atoms with E-state index < -0.39 is 0 Å². The topological polar surface area (TPSA) is 6.48 Å². The highest BCUT2D eigenvalue weighted by Gasteiger charge is 2.75. The van der Waals surface area contributed by atoms with Crippen LogP contribution in [0.2, 0.25) is 0 Å². The van der Waals surface area contributed by atoms with Crippen molar-refractivity contribution in [1.82, 2.24) is 0 Å². The average molecular weight is 745 g/mol. The van der Waals surface area contributed by atoms with Gasteiger partial charge in [0.15, 0.2) is 0 Å². The van der Waals surface area contributed by atoms with Crippen LogP contribution in [-0.4, -0.2) is 17.8 Å². The number of rotatable bonds is 0. The number of fused-ring (bicyclic) bond motifs is 20. The van der Waals surface area contributed by atoms with Crippen molar-refractivity contribution in [3.8, 4) is 0 Å². The lowest BCUT2D eigenvalue weighted by Crippen LogP contribution is -2.71. The third-order valence-corrected chi connectivity index (χ3v) is 21.9. The van der Waals surface area contributed by atoms with Crippen LogP contribution in [0, 0.1) is 71.5 Å². The molecule has 13 rings (SSSR count). The van der Waals surface area contributed by atoms with Gasteiger partial charge in [0.05, 0.1) is 11.1 Å². The number of anilines is 3. The van der Waals surface area contributed by atoms with E-state index in [1.807, 2.05) is 5.47 Å². The van der Waals surface area contributed by atoms with Crippen LogP contribution in [0.15, 0.2) is 53.2 Å². The van der Waals surface area contributed by atoms with Gasteiger partial charge in [-0.25, -0.2) is 0 Å². The first-order valence-corrected chi connectivity index (χ1v) is 24.4. The molecule has 0 aromatic heterocycles. The van der Waals surface area contributed by atoms with Crippen molar-refractivity contribution in [2.75, 3.05) is 9.80 Å². The molecule has 7 aliphatic carbocycles. The molecule has 4 heterocycles. The highest BCUT2D eigenvalue weighted by atomic mass is 15.3. The molecule has 4 aliphatic heterocycles. The van der Waals surface area contributed by atoms with Crippen LogP contribution in [0.5, 0.6) is 0 Å². The van der Waals surface area contributed by atoms with Crippen LogP contribution in [0.3, 0.4) is 0 Å². The van der Waals surface area contributed by atoms with Crippen molar-refractivity contribution < 1.29 is 0 Å². The lowest BCUT2D eigenvalue weighted by Gasteiger charge is -2.66.